The van der Waals surface area contributed by atoms with Crippen LogP contribution in [0.5, 0.6) is 5.75 Å². The van der Waals surface area contributed by atoms with Gasteiger partial charge in [-0.2, -0.15) is 0 Å². The number of nitrogens with zero attached hydrogens (tertiary/aromatic N) is 2. The highest BCUT2D eigenvalue weighted by atomic mass is 35.5. The lowest BCUT2D eigenvalue weighted by Gasteiger charge is -2.38. The second kappa shape index (κ2) is 13.1. The van der Waals surface area contributed by atoms with E-state index in [-0.39, 0.29) is 18.3 Å². The number of aliphatic hydroxyl groups is 1. The van der Waals surface area contributed by atoms with Crippen LogP contribution in [-0.2, 0) is 4.79 Å². The fraction of sp³-hybridized carbons (Fsp3) is 0.481. The Balaban J connectivity index is 1.31. The second-order valence-electron chi connectivity index (χ2n) is 9.34. The Bertz CT molecular complexity index is 1160. The number of methoxy groups -OCH3 is 1. The highest BCUT2D eigenvalue weighted by Crippen LogP contribution is 2.35. The van der Waals surface area contributed by atoms with Crippen LogP contribution in [0.1, 0.15) is 43.8 Å². The summed E-state index contributed by atoms with van der Waals surface area (Å²) in [4.78, 5) is 18.4. The molecule has 2 N–H and O–H groups in total. The summed E-state index contributed by atoms with van der Waals surface area (Å²) in [5.74, 6) is 1.40. The molecule has 3 heterocycles. The lowest BCUT2D eigenvalue weighted by atomic mass is 9.79. The molecular formula is C27H33ClN2O4S2. The number of carboxylic acids is 1. The van der Waals surface area contributed by atoms with Crippen molar-refractivity contribution in [3.63, 3.8) is 0 Å². The number of pyridine rings is 1. The molecule has 1 aromatic carbocycles. The highest BCUT2D eigenvalue weighted by Gasteiger charge is 2.31. The van der Waals surface area contributed by atoms with Crippen molar-refractivity contribution in [3.05, 3.63) is 52.5 Å². The monoisotopic (exact) mass is 548 g/mol. The van der Waals surface area contributed by atoms with Crippen LogP contribution < -0.4 is 4.74 Å². The van der Waals surface area contributed by atoms with Gasteiger partial charge in [-0.1, -0.05) is 11.6 Å². The number of aromatic nitrogens is 1. The first-order valence-electron chi connectivity index (χ1n) is 12.4. The van der Waals surface area contributed by atoms with Crippen LogP contribution >= 0.6 is 34.7 Å². The third kappa shape index (κ3) is 7.35. The van der Waals surface area contributed by atoms with E-state index in [1.54, 1.807) is 24.6 Å². The average Bonchev–Trinajstić information content (AvgIpc) is 3.29. The SMILES string of the molecule is COc1ccc2nccc([C@H](O)CC[C@@H]3CCN(CCCSc4ccc(Cl)s4)C[C@@H]3CC(=O)O)c2c1. The molecule has 0 spiro atoms. The standard InChI is InChI=1S/C27H33ClN2O4S2/c1-34-20-4-5-23-22(16-20)21(9-11-29-23)24(31)6-3-18-10-13-30(17-19(18)15-26(32)33)12-2-14-35-27-8-7-25(28)36-27/h4-5,7-9,11,16,18-19,24,31H,2-3,6,10,12-15,17H2,1H3,(H,32,33)/t18-,19+,24-/m1/s1. The second-order valence-corrected chi connectivity index (χ2v) is 12.5. The third-order valence-corrected chi connectivity index (χ3v) is 9.52. The molecule has 3 atom stereocenters. The molecule has 1 saturated heterocycles. The first-order chi connectivity index (χ1) is 17.4. The van der Waals surface area contributed by atoms with Gasteiger partial charge in [-0.25, -0.2) is 0 Å². The van der Waals surface area contributed by atoms with Gasteiger partial charge in [-0.15, -0.1) is 23.1 Å². The minimum Gasteiger partial charge on any atom is -0.497 e. The Hall–Kier alpha value is -1.84. The number of fused-ring (bicyclic) bond motifs is 1. The Labute approximate surface area is 225 Å². The molecule has 0 bridgehead atoms. The van der Waals surface area contributed by atoms with E-state index < -0.39 is 12.1 Å². The summed E-state index contributed by atoms with van der Waals surface area (Å²) in [5.41, 5.74) is 1.67. The molecule has 0 radical (unpaired) electrons. The fourth-order valence-corrected chi connectivity index (χ4v) is 7.43. The number of ether oxygens (including phenoxy) is 1. The minimum atomic E-state index is -0.746. The summed E-state index contributed by atoms with van der Waals surface area (Å²) in [6, 6.07) is 11.5. The first kappa shape index (κ1) is 27.2. The summed E-state index contributed by atoms with van der Waals surface area (Å²) >= 11 is 9.45. The molecule has 36 heavy (non-hydrogen) atoms. The predicted molar refractivity (Wildman–Crippen MR) is 147 cm³/mol. The lowest BCUT2D eigenvalue weighted by Crippen LogP contribution is -2.42. The molecule has 1 aliphatic rings. The molecule has 9 heteroatoms. The molecule has 3 aromatic rings. The molecule has 194 valence electrons. The Kier molecular flexibility index (Phi) is 9.90. The number of carbonyl (C=O) groups is 1. The molecule has 1 aliphatic heterocycles. The van der Waals surface area contributed by atoms with Gasteiger partial charge in [-0.3, -0.25) is 9.78 Å². The van der Waals surface area contributed by atoms with Crippen LogP contribution in [0.3, 0.4) is 0 Å². The van der Waals surface area contributed by atoms with Gasteiger partial charge in [0.15, 0.2) is 0 Å². The molecule has 0 unspecified atom stereocenters. The first-order valence-corrected chi connectivity index (χ1v) is 14.5. The van der Waals surface area contributed by atoms with E-state index in [9.17, 15) is 15.0 Å². The van der Waals surface area contributed by atoms with Crippen LogP contribution in [0.15, 0.2) is 46.8 Å². The van der Waals surface area contributed by atoms with Crippen molar-refractivity contribution < 1.29 is 19.7 Å². The Morgan fingerprint density at radius 3 is 2.92 bits per heavy atom. The Morgan fingerprint density at radius 2 is 2.17 bits per heavy atom. The number of likely N-dealkylation sites (tertiary alicyclic amines) is 1. The summed E-state index contributed by atoms with van der Waals surface area (Å²) in [5, 5.41) is 21.5. The zero-order valence-corrected chi connectivity index (χ0v) is 22.8. The van der Waals surface area contributed by atoms with E-state index in [2.05, 4.69) is 16.0 Å². The number of aliphatic carboxylic acids is 1. The normalized spacial score (nSPS) is 19.4. The predicted octanol–water partition coefficient (Wildman–Crippen LogP) is 6.37. The number of rotatable bonds is 12. The van der Waals surface area contributed by atoms with E-state index in [0.717, 1.165) is 71.2 Å². The van der Waals surface area contributed by atoms with Crippen molar-refractivity contribution in [2.45, 2.75) is 42.4 Å². The maximum atomic E-state index is 11.6. The van der Waals surface area contributed by atoms with Crippen molar-refractivity contribution in [1.29, 1.82) is 0 Å². The van der Waals surface area contributed by atoms with Gasteiger partial charge in [0.1, 0.15) is 5.75 Å². The smallest absolute Gasteiger partial charge is 0.303 e. The van der Waals surface area contributed by atoms with E-state index in [4.69, 9.17) is 16.3 Å². The lowest BCUT2D eigenvalue weighted by molar-refractivity contribution is -0.139. The molecule has 0 saturated carbocycles. The molecule has 0 amide bonds. The largest absolute Gasteiger partial charge is 0.497 e. The van der Waals surface area contributed by atoms with Gasteiger partial charge in [0.25, 0.3) is 0 Å². The fourth-order valence-electron chi connectivity index (χ4n) is 5.12. The van der Waals surface area contributed by atoms with Gasteiger partial charge in [0, 0.05) is 30.3 Å². The number of halogens is 1. The van der Waals surface area contributed by atoms with Crippen LogP contribution in [0.25, 0.3) is 10.9 Å². The maximum absolute atomic E-state index is 11.6. The van der Waals surface area contributed by atoms with E-state index in [1.165, 1.54) is 4.21 Å². The van der Waals surface area contributed by atoms with E-state index in [1.807, 2.05) is 42.1 Å². The number of piperidine rings is 1. The van der Waals surface area contributed by atoms with Gasteiger partial charge in [0.05, 0.1) is 27.3 Å². The summed E-state index contributed by atoms with van der Waals surface area (Å²) in [7, 11) is 1.63. The van der Waals surface area contributed by atoms with Crippen molar-refractivity contribution in [3.8, 4) is 5.75 Å². The summed E-state index contributed by atoms with van der Waals surface area (Å²) in [6.45, 7) is 2.75. The van der Waals surface area contributed by atoms with Gasteiger partial charge < -0.3 is 19.8 Å². The summed E-state index contributed by atoms with van der Waals surface area (Å²) < 4.78 is 7.41. The number of thiophene rings is 1. The van der Waals surface area contributed by atoms with Crippen molar-refractivity contribution in [2.24, 2.45) is 11.8 Å². The number of hydrogen-bond acceptors (Lipinski definition) is 7. The van der Waals surface area contributed by atoms with Crippen molar-refractivity contribution in [1.82, 2.24) is 9.88 Å². The highest BCUT2D eigenvalue weighted by molar-refractivity contribution is 8.01. The molecule has 1 fully saturated rings. The van der Waals surface area contributed by atoms with Gasteiger partial charge >= 0.3 is 5.97 Å². The number of carboxylic acid groups (broad SMARTS) is 1. The summed E-state index contributed by atoms with van der Waals surface area (Å²) in [6.07, 6.45) is 4.69. The van der Waals surface area contributed by atoms with Gasteiger partial charge in [0.2, 0.25) is 0 Å². The van der Waals surface area contributed by atoms with Gasteiger partial charge in [-0.05, 0) is 92.6 Å². The molecule has 4 rings (SSSR count). The number of hydrogen-bond donors (Lipinski definition) is 2. The third-order valence-electron chi connectivity index (χ3n) is 6.98. The quantitative estimate of drug-likeness (QED) is 0.201. The van der Waals surface area contributed by atoms with E-state index >= 15 is 0 Å². The topological polar surface area (TPSA) is 82.9 Å². The number of thioether (sulfide) groups is 1. The van der Waals surface area contributed by atoms with Crippen molar-refractivity contribution >= 4 is 51.6 Å². The average molecular weight is 549 g/mol. The molecule has 6 nitrogen and oxygen atoms in total. The van der Waals surface area contributed by atoms with E-state index in [0.29, 0.717) is 6.42 Å². The maximum Gasteiger partial charge on any atom is 0.303 e. The van der Waals surface area contributed by atoms with Crippen LogP contribution in [-0.4, -0.2) is 58.6 Å². The van der Waals surface area contributed by atoms with Crippen LogP contribution in [0, 0.1) is 11.8 Å². The molecule has 2 aromatic heterocycles. The van der Waals surface area contributed by atoms with Crippen LogP contribution in [0.2, 0.25) is 4.34 Å². The van der Waals surface area contributed by atoms with Crippen LogP contribution in [0.4, 0.5) is 0 Å². The number of benzene rings is 1. The van der Waals surface area contributed by atoms with Crippen molar-refractivity contribution in [2.75, 3.05) is 32.5 Å². The molecular weight excluding hydrogens is 516 g/mol. The molecule has 0 aliphatic carbocycles. The number of aliphatic hydroxyl groups excluding tert-OH is 1. The zero-order valence-electron chi connectivity index (χ0n) is 20.4. The zero-order chi connectivity index (χ0) is 25.5. The Morgan fingerprint density at radius 1 is 1.31 bits per heavy atom. The minimum absolute atomic E-state index is 0.0986.